The van der Waals surface area contributed by atoms with Gasteiger partial charge in [0.25, 0.3) is 10.0 Å². The van der Waals surface area contributed by atoms with Crippen molar-refractivity contribution >= 4 is 39.1 Å². The maximum Gasteiger partial charge on any atom is 0.263 e. The summed E-state index contributed by atoms with van der Waals surface area (Å²) >= 11 is 0. The zero-order valence-corrected chi connectivity index (χ0v) is 15.1. The summed E-state index contributed by atoms with van der Waals surface area (Å²) < 4.78 is 27.5. The summed E-state index contributed by atoms with van der Waals surface area (Å²) in [5, 5.41) is 5.54. The highest BCUT2D eigenvalue weighted by molar-refractivity contribution is 7.92. The average molecular weight is 384 g/mol. The van der Waals surface area contributed by atoms with E-state index in [0.717, 1.165) is 0 Å². The Morgan fingerprint density at radius 2 is 1.63 bits per heavy atom. The molecule has 0 aliphatic carbocycles. The molecular formula is C17H16N6O3S. The number of nitrogens with zero attached hydrogens (tertiary/aromatic N) is 3. The number of hydrogen-bond acceptors (Lipinski definition) is 7. The van der Waals surface area contributed by atoms with E-state index in [4.69, 9.17) is 0 Å². The third kappa shape index (κ3) is 4.76. The molecule has 1 aromatic carbocycles. The van der Waals surface area contributed by atoms with Crippen molar-refractivity contribution in [3.05, 3.63) is 61.1 Å². The summed E-state index contributed by atoms with van der Waals surface area (Å²) in [7, 11) is -3.81. The molecule has 0 atom stereocenters. The molecule has 3 aromatic rings. The number of nitrogens with one attached hydrogen (secondary N) is 3. The molecule has 2 heterocycles. The molecule has 0 bridgehead atoms. The van der Waals surface area contributed by atoms with Crippen LogP contribution in [0.5, 0.6) is 0 Å². The number of benzene rings is 1. The first kappa shape index (κ1) is 18.3. The van der Waals surface area contributed by atoms with Crippen LogP contribution in [0, 0.1) is 0 Å². The molecule has 10 heteroatoms. The van der Waals surface area contributed by atoms with Gasteiger partial charge in [-0.25, -0.2) is 23.4 Å². The van der Waals surface area contributed by atoms with Crippen LogP contribution in [0.3, 0.4) is 0 Å². The minimum Gasteiger partial charge on any atom is -0.337 e. The lowest BCUT2D eigenvalue weighted by atomic mass is 10.3. The maximum atomic E-state index is 12.5. The summed E-state index contributed by atoms with van der Waals surface area (Å²) in [6, 6.07) is 11.2. The Kier molecular flexibility index (Phi) is 5.27. The van der Waals surface area contributed by atoms with Crippen molar-refractivity contribution in [1.29, 1.82) is 0 Å². The highest BCUT2D eigenvalue weighted by Gasteiger charge is 2.17. The molecule has 0 fully saturated rings. The van der Waals surface area contributed by atoms with Crippen LogP contribution in [0.25, 0.3) is 0 Å². The molecule has 3 N–H and O–H groups in total. The van der Waals surface area contributed by atoms with E-state index in [9.17, 15) is 13.2 Å². The smallest absolute Gasteiger partial charge is 0.263 e. The van der Waals surface area contributed by atoms with Crippen molar-refractivity contribution in [3.8, 4) is 0 Å². The van der Waals surface area contributed by atoms with Gasteiger partial charge < -0.3 is 10.6 Å². The molecule has 0 saturated carbocycles. The number of amides is 1. The van der Waals surface area contributed by atoms with Crippen molar-refractivity contribution in [2.75, 3.05) is 15.4 Å². The summed E-state index contributed by atoms with van der Waals surface area (Å²) in [6.07, 6.45) is 4.31. The van der Waals surface area contributed by atoms with Gasteiger partial charge in [0, 0.05) is 37.3 Å². The molecule has 1 amide bonds. The minimum atomic E-state index is -3.81. The first-order chi connectivity index (χ1) is 12.9. The largest absolute Gasteiger partial charge is 0.337 e. The van der Waals surface area contributed by atoms with E-state index in [-0.39, 0.29) is 22.4 Å². The second-order valence-electron chi connectivity index (χ2n) is 5.41. The number of sulfonamides is 1. The quantitative estimate of drug-likeness (QED) is 0.595. The van der Waals surface area contributed by atoms with E-state index in [1.165, 1.54) is 37.6 Å². The van der Waals surface area contributed by atoms with E-state index in [1.54, 1.807) is 30.3 Å². The van der Waals surface area contributed by atoms with E-state index < -0.39 is 10.0 Å². The lowest BCUT2D eigenvalue weighted by Gasteiger charge is -2.12. The lowest BCUT2D eigenvalue weighted by Crippen LogP contribution is -2.15. The van der Waals surface area contributed by atoms with E-state index in [0.29, 0.717) is 11.5 Å². The number of carbonyl (C=O) groups excluding carboxylic acids is 1. The second-order valence-corrected chi connectivity index (χ2v) is 7.09. The Labute approximate surface area is 156 Å². The number of anilines is 4. The summed E-state index contributed by atoms with van der Waals surface area (Å²) in [6.45, 7) is 1.38. The monoisotopic (exact) mass is 384 g/mol. The molecule has 0 spiro atoms. The van der Waals surface area contributed by atoms with E-state index in [1.807, 2.05) is 0 Å². The van der Waals surface area contributed by atoms with Gasteiger partial charge in [-0.1, -0.05) is 18.2 Å². The fourth-order valence-electron chi connectivity index (χ4n) is 2.18. The number of rotatable bonds is 6. The van der Waals surface area contributed by atoms with Crippen molar-refractivity contribution in [2.24, 2.45) is 0 Å². The number of hydrogen-bond donors (Lipinski definition) is 3. The Balaban J connectivity index is 1.86. The average Bonchev–Trinajstić information content (AvgIpc) is 2.64. The molecule has 0 unspecified atom stereocenters. The molecule has 2 aromatic heterocycles. The van der Waals surface area contributed by atoms with Crippen LogP contribution in [0.1, 0.15) is 6.92 Å². The molecule has 0 radical (unpaired) electrons. The maximum absolute atomic E-state index is 12.5. The van der Waals surface area contributed by atoms with E-state index in [2.05, 4.69) is 30.3 Å². The van der Waals surface area contributed by atoms with Gasteiger partial charge in [0.15, 0.2) is 11.6 Å². The van der Waals surface area contributed by atoms with E-state index >= 15 is 0 Å². The first-order valence-electron chi connectivity index (χ1n) is 7.83. The summed E-state index contributed by atoms with van der Waals surface area (Å²) in [5.74, 6) is 0.342. The van der Waals surface area contributed by atoms with Crippen LogP contribution in [0.2, 0.25) is 0 Å². The third-order valence-electron chi connectivity index (χ3n) is 3.31. The Hall–Kier alpha value is -3.53. The van der Waals surface area contributed by atoms with Gasteiger partial charge in [-0.2, -0.15) is 0 Å². The predicted octanol–water partition coefficient (Wildman–Crippen LogP) is 2.37. The molecule has 0 aliphatic rings. The van der Waals surface area contributed by atoms with Gasteiger partial charge in [0.1, 0.15) is 5.82 Å². The Morgan fingerprint density at radius 3 is 2.33 bits per heavy atom. The number of carbonyl (C=O) groups is 1. The van der Waals surface area contributed by atoms with Crippen LogP contribution < -0.4 is 15.4 Å². The normalized spacial score (nSPS) is 10.9. The molecule has 3 rings (SSSR count). The number of aromatic nitrogens is 3. The van der Waals surface area contributed by atoms with Gasteiger partial charge in [0.2, 0.25) is 5.91 Å². The fourth-order valence-corrected chi connectivity index (χ4v) is 3.22. The molecule has 9 nitrogen and oxygen atoms in total. The first-order valence-corrected chi connectivity index (χ1v) is 9.32. The highest BCUT2D eigenvalue weighted by Crippen LogP contribution is 2.24. The fraction of sp³-hybridized carbons (Fsp3) is 0.0588. The zero-order valence-electron chi connectivity index (χ0n) is 14.2. The minimum absolute atomic E-state index is 0.0410. The lowest BCUT2D eigenvalue weighted by molar-refractivity contribution is -0.114. The highest BCUT2D eigenvalue weighted by atomic mass is 32.2. The third-order valence-corrected chi connectivity index (χ3v) is 4.66. The van der Waals surface area contributed by atoms with Crippen molar-refractivity contribution < 1.29 is 13.2 Å². The Bertz CT molecular complexity index is 1060. The van der Waals surface area contributed by atoms with Crippen LogP contribution in [-0.4, -0.2) is 29.3 Å². The summed E-state index contributed by atoms with van der Waals surface area (Å²) in [4.78, 5) is 23.5. The van der Waals surface area contributed by atoms with Gasteiger partial charge >= 0.3 is 0 Å². The van der Waals surface area contributed by atoms with Crippen molar-refractivity contribution in [2.45, 2.75) is 11.8 Å². The van der Waals surface area contributed by atoms with Crippen molar-refractivity contribution in [3.63, 3.8) is 0 Å². The SMILES string of the molecule is CC(=O)Nc1cc(Nc2nccnc2NS(=O)(=O)c2ccccc2)ccn1. The van der Waals surface area contributed by atoms with Crippen LogP contribution >= 0.6 is 0 Å². The topological polar surface area (TPSA) is 126 Å². The van der Waals surface area contributed by atoms with Gasteiger partial charge in [-0.15, -0.1) is 0 Å². The molecule has 0 saturated heterocycles. The predicted molar refractivity (Wildman–Crippen MR) is 101 cm³/mol. The zero-order chi connectivity index (χ0) is 19.3. The number of pyridine rings is 1. The van der Waals surface area contributed by atoms with Crippen LogP contribution in [-0.2, 0) is 14.8 Å². The standard InChI is InChI=1S/C17H16N6O3S/c1-12(24)21-15-11-13(7-8-18-15)22-16-17(20-10-9-19-16)23-27(25,26)14-5-3-2-4-6-14/h2-11H,1H3,(H,20,23)(H2,18,19,21,22,24). The van der Waals surface area contributed by atoms with Gasteiger partial charge in [-0.05, 0) is 18.2 Å². The van der Waals surface area contributed by atoms with Crippen LogP contribution in [0.4, 0.5) is 23.1 Å². The molecule has 27 heavy (non-hydrogen) atoms. The van der Waals surface area contributed by atoms with Crippen LogP contribution in [0.15, 0.2) is 66.0 Å². The Morgan fingerprint density at radius 1 is 0.926 bits per heavy atom. The van der Waals surface area contributed by atoms with Crippen molar-refractivity contribution in [1.82, 2.24) is 15.0 Å². The molecule has 138 valence electrons. The van der Waals surface area contributed by atoms with Gasteiger partial charge in [0.05, 0.1) is 4.90 Å². The second kappa shape index (κ2) is 7.79. The summed E-state index contributed by atoms with van der Waals surface area (Å²) in [5.41, 5.74) is 0.550. The molecular weight excluding hydrogens is 368 g/mol. The molecule has 0 aliphatic heterocycles. The van der Waals surface area contributed by atoms with Gasteiger partial charge in [-0.3, -0.25) is 9.52 Å².